The van der Waals surface area contributed by atoms with Crippen LogP contribution in [-0.2, 0) is 9.78 Å². The second-order valence-electron chi connectivity index (χ2n) is 0.850. The summed E-state index contributed by atoms with van der Waals surface area (Å²) in [6, 6.07) is 0. The molecular weight excluding hydrogens is 257 g/mol. The molecule has 0 unspecified atom stereocenters. The van der Waals surface area contributed by atoms with Crippen molar-refractivity contribution < 1.29 is 9.78 Å². The van der Waals surface area contributed by atoms with Crippen molar-refractivity contribution in [2.75, 3.05) is 0 Å². The Morgan fingerprint density at radius 3 is 0.909 bits per heavy atom. The lowest BCUT2D eigenvalue weighted by molar-refractivity contribution is -0.198. The van der Waals surface area contributed by atoms with Crippen LogP contribution < -0.4 is 0 Å². The Balaban J connectivity index is -0.0000000240. The number of halogens is 5. The van der Waals surface area contributed by atoms with Gasteiger partial charge in [-0.25, -0.2) is 0 Å². The number of hydrogen-bond acceptors (Lipinski definition) is 2. The average Bonchev–Trinajstić information content (AvgIpc) is 1.72. The van der Waals surface area contributed by atoms with Crippen LogP contribution in [0.3, 0.4) is 0 Å². The van der Waals surface area contributed by atoms with Gasteiger partial charge in [0.25, 0.3) is 0 Å². The molecule has 0 aliphatic carbocycles. The maximum absolute atomic E-state index is 4.30. The molecule has 0 aromatic rings. The van der Waals surface area contributed by atoms with E-state index in [9.17, 15) is 0 Å². The molecule has 7 heteroatoms. The van der Waals surface area contributed by atoms with Crippen LogP contribution >= 0.6 is 62.0 Å². The van der Waals surface area contributed by atoms with Gasteiger partial charge >= 0.3 is 0 Å². The van der Waals surface area contributed by atoms with Crippen molar-refractivity contribution in [3.8, 4) is 0 Å². The van der Waals surface area contributed by atoms with Crippen LogP contribution in [0.15, 0.2) is 24.7 Å². The largest absolute Gasteiger partial charge is 0.299 e. The first-order chi connectivity index (χ1) is 3.00. The van der Waals surface area contributed by atoms with Crippen molar-refractivity contribution in [1.82, 2.24) is 0 Å². The van der Waals surface area contributed by atoms with Gasteiger partial charge in [0.15, 0.2) is 0 Å². The molecule has 1 aliphatic rings. The first-order valence-corrected chi connectivity index (χ1v) is 1.64. The van der Waals surface area contributed by atoms with E-state index in [1.54, 1.807) is 12.2 Å². The third kappa shape index (κ3) is 18.0. The molecule has 2 nitrogen and oxygen atoms in total. The van der Waals surface area contributed by atoms with Gasteiger partial charge in [-0.15, -0.1) is 62.0 Å². The van der Waals surface area contributed by atoms with E-state index in [1.165, 1.54) is 12.5 Å². The number of allylic oxidation sites excluding steroid dienone is 2. The van der Waals surface area contributed by atoms with Crippen LogP contribution in [0.1, 0.15) is 0 Å². The minimum absolute atomic E-state index is 0. The normalized spacial score (nSPS) is 8.73. The van der Waals surface area contributed by atoms with Gasteiger partial charge in [-0.2, -0.15) is 0 Å². The Hall–Kier alpha value is 0.530. The Bertz CT molecular complexity index is 82.5. The van der Waals surface area contributed by atoms with Crippen molar-refractivity contribution in [1.29, 1.82) is 0 Å². The summed E-state index contributed by atoms with van der Waals surface area (Å²) in [5, 5.41) is 0. The number of hydrogen-bond donors (Lipinski definition) is 0. The molecule has 1 rings (SSSR count). The Morgan fingerprint density at radius 2 is 0.818 bits per heavy atom. The van der Waals surface area contributed by atoms with Gasteiger partial charge in [0.2, 0.25) is 0 Å². The van der Waals surface area contributed by atoms with Crippen molar-refractivity contribution >= 4 is 62.0 Å². The van der Waals surface area contributed by atoms with E-state index in [1.807, 2.05) is 0 Å². The third-order valence-electron chi connectivity index (χ3n) is 0.435. The molecule has 72 valence electrons. The maximum Gasteiger partial charge on any atom is 0.142 e. The summed E-state index contributed by atoms with van der Waals surface area (Å²) in [5.74, 6) is 0. The molecule has 0 radical (unpaired) electrons. The van der Waals surface area contributed by atoms with Gasteiger partial charge in [0.05, 0.1) is 0 Å². The van der Waals surface area contributed by atoms with E-state index in [0.29, 0.717) is 0 Å². The zero-order valence-corrected chi connectivity index (χ0v) is 9.25. The molecule has 0 aromatic carbocycles. The van der Waals surface area contributed by atoms with Crippen molar-refractivity contribution in [3.63, 3.8) is 0 Å². The fourth-order valence-corrected chi connectivity index (χ4v) is 0.219. The van der Waals surface area contributed by atoms with Crippen LogP contribution in [0.5, 0.6) is 0 Å². The topological polar surface area (TPSA) is 18.5 Å². The predicted octanol–water partition coefficient (Wildman–Crippen LogP) is 3.08. The van der Waals surface area contributed by atoms with Gasteiger partial charge in [0.1, 0.15) is 12.5 Å². The smallest absolute Gasteiger partial charge is 0.142 e. The van der Waals surface area contributed by atoms with Crippen molar-refractivity contribution in [2.24, 2.45) is 0 Å². The van der Waals surface area contributed by atoms with E-state index in [-0.39, 0.29) is 62.0 Å². The maximum atomic E-state index is 4.30. The first-order valence-electron chi connectivity index (χ1n) is 1.64. The lowest BCUT2D eigenvalue weighted by atomic mass is 10.6. The standard InChI is InChI=1S/C4H4O2.5ClH/c1-2-4-6-5-3-1;;;;;/h1-4H;5*1H. The van der Waals surface area contributed by atoms with E-state index >= 15 is 0 Å². The molecule has 1 aliphatic heterocycles. The van der Waals surface area contributed by atoms with E-state index in [4.69, 9.17) is 0 Å². The molecule has 0 amide bonds. The van der Waals surface area contributed by atoms with Gasteiger partial charge in [-0.1, -0.05) is 0 Å². The minimum Gasteiger partial charge on any atom is -0.299 e. The highest BCUT2D eigenvalue weighted by Crippen LogP contribution is 1.89. The van der Waals surface area contributed by atoms with Crippen LogP contribution in [-0.4, -0.2) is 0 Å². The molecule has 0 aromatic heterocycles. The molecule has 0 N–H and O–H groups in total. The second kappa shape index (κ2) is 22.4. The molecule has 1 heterocycles. The Labute approximate surface area is 96.4 Å². The molecule has 11 heavy (non-hydrogen) atoms. The van der Waals surface area contributed by atoms with E-state index < -0.39 is 0 Å². The molecule has 0 saturated heterocycles. The summed E-state index contributed by atoms with van der Waals surface area (Å²) in [7, 11) is 0. The van der Waals surface area contributed by atoms with Gasteiger partial charge < -0.3 is 0 Å². The van der Waals surface area contributed by atoms with Gasteiger partial charge in [-0.05, 0) is 12.2 Å². The monoisotopic (exact) mass is 264 g/mol. The van der Waals surface area contributed by atoms with Crippen LogP contribution in [0.25, 0.3) is 0 Å². The predicted molar refractivity (Wildman–Crippen MR) is 56.7 cm³/mol. The molecule has 0 spiro atoms. The molecule has 0 saturated carbocycles. The van der Waals surface area contributed by atoms with E-state index in [2.05, 4.69) is 9.78 Å². The lowest BCUT2D eigenvalue weighted by Gasteiger charge is -1.94. The highest BCUT2D eigenvalue weighted by atomic mass is 35.5. The van der Waals surface area contributed by atoms with Gasteiger partial charge in [0, 0.05) is 0 Å². The van der Waals surface area contributed by atoms with Gasteiger partial charge in [-0.3, -0.25) is 9.78 Å². The SMILES string of the molecule is C1=COOC=C1.Cl.Cl.Cl.Cl.Cl. The molecule has 0 fully saturated rings. The summed E-state index contributed by atoms with van der Waals surface area (Å²) >= 11 is 0. The average molecular weight is 266 g/mol. The highest BCUT2D eigenvalue weighted by molar-refractivity contribution is 5.86. The zero-order valence-electron chi connectivity index (χ0n) is 5.17. The lowest BCUT2D eigenvalue weighted by Crippen LogP contribution is -1.78. The second-order valence-corrected chi connectivity index (χ2v) is 0.850. The fraction of sp³-hybridized carbons (Fsp3) is 0. The molecule has 0 bridgehead atoms. The van der Waals surface area contributed by atoms with Crippen LogP contribution in [0.4, 0.5) is 0 Å². The molecule has 0 atom stereocenters. The Morgan fingerprint density at radius 1 is 0.545 bits per heavy atom. The fourth-order valence-electron chi connectivity index (χ4n) is 0.219. The zero-order chi connectivity index (χ0) is 4.24. The summed E-state index contributed by atoms with van der Waals surface area (Å²) < 4.78 is 0. The number of rotatable bonds is 0. The molecular formula is C4H9Cl5O2. The highest BCUT2D eigenvalue weighted by Gasteiger charge is 1.75. The van der Waals surface area contributed by atoms with Crippen molar-refractivity contribution in [2.45, 2.75) is 0 Å². The summed E-state index contributed by atoms with van der Waals surface area (Å²) in [4.78, 5) is 8.60. The first kappa shape index (κ1) is 30.0. The third-order valence-corrected chi connectivity index (χ3v) is 0.435. The minimum atomic E-state index is 0. The van der Waals surface area contributed by atoms with E-state index in [0.717, 1.165) is 0 Å². The summed E-state index contributed by atoms with van der Waals surface area (Å²) in [5.41, 5.74) is 0. The van der Waals surface area contributed by atoms with Crippen LogP contribution in [0, 0.1) is 0 Å². The van der Waals surface area contributed by atoms with Crippen LogP contribution in [0.2, 0.25) is 0 Å². The van der Waals surface area contributed by atoms with Crippen molar-refractivity contribution in [3.05, 3.63) is 24.7 Å². The quantitative estimate of drug-likeness (QED) is 0.627. The summed E-state index contributed by atoms with van der Waals surface area (Å²) in [6.07, 6.45) is 6.40. The summed E-state index contributed by atoms with van der Waals surface area (Å²) in [6.45, 7) is 0. The Kier molecular flexibility index (Phi) is 61.1.